The van der Waals surface area contributed by atoms with E-state index in [1.165, 1.54) is 25.1 Å². The van der Waals surface area contributed by atoms with Crippen molar-refractivity contribution in [3.8, 4) is 5.75 Å². The van der Waals surface area contributed by atoms with Crippen molar-refractivity contribution in [3.05, 3.63) is 29.8 Å². The predicted octanol–water partition coefficient (Wildman–Crippen LogP) is 3.25. The molecule has 1 aromatic carbocycles. The number of rotatable bonds is 7. The number of halogens is 4. The molecule has 0 saturated carbocycles. The molecule has 0 aromatic heterocycles. The van der Waals surface area contributed by atoms with E-state index >= 15 is 0 Å². The van der Waals surface area contributed by atoms with Crippen LogP contribution in [0.4, 0.5) is 13.2 Å². The second-order valence-corrected chi connectivity index (χ2v) is 6.29. The molecule has 1 amide bonds. The lowest BCUT2D eigenvalue weighted by atomic mass is 10.1. The molecule has 9 heteroatoms. The number of nitrogens with two attached hydrogens (primary N) is 1. The smallest absolute Gasteiger partial charge is 0.419 e. The van der Waals surface area contributed by atoms with Crippen molar-refractivity contribution in [1.82, 2.24) is 4.90 Å². The fourth-order valence-corrected chi connectivity index (χ4v) is 2.88. The summed E-state index contributed by atoms with van der Waals surface area (Å²) in [6.07, 6.45) is -3.24. The first-order valence-corrected chi connectivity index (χ1v) is 8.76. The Kier molecular flexibility index (Phi) is 9.35. The molecule has 1 unspecified atom stereocenters. The Hall–Kier alpha value is -1.51. The molecule has 0 bridgehead atoms. The molecule has 154 valence electrons. The molecule has 1 fully saturated rings. The monoisotopic (exact) mass is 410 g/mol. The summed E-state index contributed by atoms with van der Waals surface area (Å²) >= 11 is 0. The molecule has 27 heavy (non-hydrogen) atoms. The number of likely N-dealkylation sites (tertiary alicyclic amines) is 1. The summed E-state index contributed by atoms with van der Waals surface area (Å²) in [6.45, 7) is 3.65. The van der Waals surface area contributed by atoms with Crippen molar-refractivity contribution in [2.24, 2.45) is 5.73 Å². The third-order valence-corrected chi connectivity index (χ3v) is 4.30. The largest absolute Gasteiger partial charge is 0.480 e. The number of amides is 1. The minimum absolute atomic E-state index is 0. The molecule has 1 aromatic rings. The fourth-order valence-electron chi connectivity index (χ4n) is 2.88. The van der Waals surface area contributed by atoms with Crippen molar-refractivity contribution in [1.29, 1.82) is 0 Å². The van der Waals surface area contributed by atoms with Gasteiger partial charge in [-0.15, -0.1) is 12.4 Å². The summed E-state index contributed by atoms with van der Waals surface area (Å²) in [6, 6.07) is 4.91. The summed E-state index contributed by atoms with van der Waals surface area (Å²) in [5.74, 6) is -0.650. The van der Waals surface area contributed by atoms with Crippen LogP contribution in [-0.2, 0) is 15.7 Å². The Bertz CT molecular complexity index is 593. The molecule has 2 rings (SSSR count). The first-order valence-electron chi connectivity index (χ1n) is 8.76. The highest BCUT2D eigenvalue weighted by molar-refractivity contribution is 5.85. The van der Waals surface area contributed by atoms with Crippen molar-refractivity contribution >= 4 is 18.3 Å². The quantitative estimate of drug-likeness (QED) is 0.701. The summed E-state index contributed by atoms with van der Waals surface area (Å²) in [4.78, 5) is 14.1. The molecule has 0 spiro atoms. The lowest BCUT2D eigenvalue weighted by molar-refractivity contribution is -0.145. The molecular formula is C18H26ClF3N2O3. The van der Waals surface area contributed by atoms with Crippen LogP contribution in [0.5, 0.6) is 5.75 Å². The Balaban J connectivity index is 0.00000364. The van der Waals surface area contributed by atoms with Gasteiger partial charge >= 0.3 is 6.18 Å². The number of hydrogen-bond donors (Lipinski definition) is 1. The number of piperidine rings is 1. The lowest BCUT2D eigenvalue weighted by Gasteiger charge is -2.33. The Labute approximate surface area is 163 Å². The van der Waals surface area contributed by atoms with Gasteiger partial charge in [0.1, 0.15) is 5.75 Å². The van der Waals surface area contributed by atoms with Gasteiger partial charge < -0.3 is 20.1 Å². The molecule has 1 aliphatic rings. The summed E-state index contributed by atoms with van der Waals surface area (Å²) in [7, 11) is 0. The fraction of sp³-hybridized carbons (Fsp3) is 0.611. The minimum atomic E-state index is -4.53. The van der Waals surface area contributed by atoms with Crippen molar-refractivity contribution < 1.29 is 27.4 Å². The third-order valence-electron chi connectivity index (χ3n) is 4.30. The predicted molar refractivity (Wildman–Crippen MR) is 98.0 cm³/mol. The van der Waals surface area contributed by atoms with Crippen LogP contribution in [0.2, 0.25) is 0 Å². The van der Waals surface area contributed by atoms with Gasteiger partial charge in [-0.05, 0) is 44.9 Å². The zero-order valence-corrected chi connectivity index (χ0v) is 16.0. The lowest BCUT2D eigenvalue weighted by Crippen LogP contribution is -2.46. The molecule has 1 atom stereocenters. The minimum Gasteiger partial charge on any atom is -0.480 e. The van der Waals surface area contributed by atoms with Gasteiger partial charge in [-0.1, -0.05) is 12.1 Å². The number of para-hydroxylation sites is 1. The zero-order valence-electron chi connectivity index (χ0n) is 15.2. The molecule has 5 nitrogen and oxygen atoms in total. The van der Waals surface area contributed by atoms with Gasteiger partial charge in [-0.2, -0.15) is 13.2 Å². The maximum atomic E-state index is 13.0. The Morgan fingerprint density at radius 1 is 1.30 bits per heavy atom. The summed E-state index contributed by atoms with van der Waals surface area (Å²) in [5, 5.41) is 0. The number of benzene rings is 1. The Morgan fingerprint density at radius 3 is 2.52 bits per heavy atom. The van der Waals surface area contributed by atoms with E-state index in [-0.39, 0.29) is 30.2 Å². The molecular weight excluding hydrogens is 385 g/mol. The van der Waals surface area contributed by atoms with Crippen molar-refractivity contribution in [3.63, 3.8) is 0 Å². The van der Waals surface area contributed by atoms with E-state index in [1.54, 1.807) is 4.90 Å². The van der Waals surface area contributed by atoms with Crippen LogP contribution in [0.15, 0.2) is 24.3 Å². The van der Waals surface area contributed by atoms with Crippen LogP contribution in [0.3, 0.4) is 0 Å². The zero-order chi connectivity index (χ0) is 19.2. The number of hydrogen-bond acceptors (Lipinski definition) is 4. The highest BCUT2D eigenvalue weighted by atomic mass is 35.5. The van der Waals surface area contributed by atoms with Crippen LogP contribution >= 0.6 is 12.4 Å². The SMILES string of the molecule is CC(Oc1ccccc1C(F)(F)F)C(=O)N1CCC(OCCCN)CC1.Cl. The molecule has 2 N–H and O–H groups in total. The summed E-state index contributed by atoms with van der Waals surface area (Å²) in [5.41, 5.74) is 4.54. The van der Waals surface area contributed by atoms with Gasteiger partial charge in [0.15, 0.2) is 6.10 Å². The number of alkyl halides is 3. The average molecular weight is 411 g/mol. The van der Waals surface area contributed by atoms with Crippen LogP contribution in [0.25, 0.3) is 0 Å². The van der Waals surface area contributed by atoms with Crippen LogP contribution < -0.4 is 10.5 Å². The van der Waals surface area contributed by atoms with Crippen LogP contribution in [0, 0.1) is 0 Å². The third kappa shape index (κ3) is 6.86. The van der Waals surface area contributed by atoms with Crippen LogP contribution in [-0.4, -0.2) is 49.3 Å². The first kappa shape index (κ1) is 23.5. The molecule has 0 aliphatic carbocycles. The number of nitrogens with zero attached hydrogens (tertiary/aromatic N) is 1. The van der Waals surface area contributed by atoms with Gasteiger partial charge in [0.25, 0.3) is 5.91 Å². The van der Waals surface area contributed by atoms with E-state index in [0.29, 0.717) is 39.1 Å². The molecule has 0 radical (unpaired) electrons. The topological polar surface area (TPSA) is 64.8 Å². The number of ether oxygens (including phenoxy) is 2. The van der Waals surface area contributed by atoms with Gasteiger partial charge in [-0.3, -0.25) is 4.79 Å². The van der Waals surface area contributed by atoms with E-state index in [0.717, 1.165) is 12.5 Å². The average Bonchev–Trinajstić information content (AvgIpc) is 2.61. The summed E-state index contributed by atoms with van der Waals surface area (Å²) < 4.78 is 50.1. The molecule has 1 saturated heterocycles. The Morgan fingerprint density at radius 2 is 1.93 bits per heavy atom. The number of carbonyl (C=O) groups excluding carboxylic acids is 1. The number of carbonyl (C=O) groups is 1. The van der Waals surface area contributed by atoms with Crippen molar-refractivity contribution in [2.75, 3.05) is 26.2 Å². The highest BCUT2D eigenvalue weighted by Crippen LogP contribution is 2.36. The van der Waals surface area contributed by atoms with E-state index in [4.69, 9.17) is 15.2 Å². The van der Waals surface area contributed by atoms with Gasteiger partial charge in [0, 0.05) is 19.7 Å². The maximum Gasteiger partial charge on any atom is 0.419 e. The van der Waals surface area contributed by atoms with E-state index < -0.39 is 17.8 Å². The van der Waals surface area contributed by atoms with Crippen molar-refractivity contribution in [2.45, 2.75) is 44.6 Å². The highest BCUT2D eigenvalue weighted by Gasteiger charge is 2.35. The second-order valence-electron chi connectivity index (χ2n) is 6.29. The van der Waals surface area contributed by atoms with Gasteiger partial charge in [-0.25, -0.2) is 0 Å². The maximum absolute atomic E-state index is 13.0. The molecule has 1 aliphatic heterocycles. The molecule has 1 heterocycles. The van der Waals surface area contributed by atoms with Crippen LogP contribution in [0.1, 0.15) is 31.7 Å². The van der Waals surface area contributed by atoms with E-state index in [2.05, 4.69) is 0 Å². The van der Waals surface area contributed by atoms with Gasteiger partial charge in [0.2, 0.25) is 0 Å². The first-order chi connectivity index (χ1) is 12.3. The van der Waals surface area contributed by atoms with E-state index in [1.807, 2.05) is 0 Å². The van der Waals surface area contributed by atoms with Gasteiger partial charge in [0.05, 0.1) is 11.7 Å². The standard InChI is InChI=1S/C18H25F3N2O3.ClH/c1-13(26-16-6-3-2-5-15(16)18(19,20)21)17(24)23-10-7-14(8-11-23)25-12-4-9-22;/h2-3,5-6,13-14H,4,7-12,22H2,1H3;1H. The second kappa shape index (κ2) is 10.7. The normalized spacial score (nSPS) is 16.6. The van der Waals surface area contributed by atoms with E-state index in [9.17, 15) is 18.0 Å².